The summed E-state index contributed by atoms with van der Waals surface area (Å²) in [5, 5.41) is 0. The lowest BCUT2D eigenvalue weighted by atomic mass is 10.1. The molecular formula is C12H22O3S. The number of unbranched alkanes of at least 4 members (excludes halogenated alkanes) is 1. The average molecular weight is 246 g/mol. The van der Waals surface area contributed by atoms with E-state index in [1.165, 1.54) is 25.7 Å². The molecule has 0 saturated heterocycles. The van der Waals surface area contributed by atoms with E-state index in [-0.39, 0.29) is 11.7 Å². The molecule has 0 aromatic rings. The van der Waals surface area contributed by atoms with Gasteiger partial charge in [-0.2, -0.15) is 0 Å². The van der Waals surface area contributed by atoms with Gasteiger partial charge in [0.25, 0.3) is 0 Å². The maximum Gasteiger partial charge on any atom is 0.318 e. The van der Waals surface area contributed by atoms with Crippen LogP contribution in [0.2, 0.25) is 0 Å². The summed E-state index contributed by atoms with van der Waals surface area (Å²) >= 11 is 0. The summed E-state index contributed by atoms with van der Waals surface area (Å²) in [6, 6.07) is 0. The molecule has 0 radical (unpaired) electrons. The van der Waals surface area contributed by atoms with Gasteiger partial charge < -0.3 is 4.74 Å². The smallest absolute Gasteiger partial charge is 0.318 e. The number of esters is 1. The van der Waals surface area contributed by atoms with Gasteiger partial charge in [-0.3, -0.25) is 9.00 Å². The van der Waals surface area contributed by atoms with Crippen molar-refractivity contribution in [2.45, 2.75) is 45.4 Å². The lowest BCUT2D eigenvalue weighted by Crippen LogP contribution is -2.19. The average Bonchev–Trinajstić information content (AvgIpc) is 2.70. The first-order chi connectivity index (χ1) is 7.72. The summed E-state index contributed by atoms with van der Waals surface area (Å²) in [5.74, 6) is 1.04. The normalized spacial score (nSPS) is 18.6. The van der Waals surface area contributed by atoms with Gasteiger partial charge in [0.05, 0.1) is 6.61 Å². The molecule has 3 nitrogen and oxygen atoms in total. The van der Waals surface area contributed by atoms with Crippen LogP contribution in [0.25, 0.3) is 0 Å². The second kappa shape index (κ2) is 7.82. The molecule has 0 spiro atoms. The Kier molecular flexibility index (Phi) is 6.69. The summed E-state index contributed by atoms with van der Waals surface area (Å²) in [7, 11) is -1.02. The number of rotatable bonds is 7. The van der Waals surface area contributed by atoms with Gasteiger partial charge in [-0.05, 0) is 25.2 Å². The van der Waals surface area contributed by atoms with Crippen LogP contribution in [0, 0.1) is 5.92 Å². The van der Waals surface area contributed by atoms with Gasteiger partial charge in [0.2, 0.25) is 0 Å². The molecule has 0 amide bonds. The number of hydrogen-bond acceptors (Lipinski definition) is 3. The molecule has 0 aromatic carbocycles. The van der Waals surface area contributed by atoms with Crippen LogP contribution in [0.15, 0.2) is 0 Å². The van der Waals surface area contributed by atoms with Crippen molar-refractivity contribution in [3.05, 3.63) is 0 Å². The van der Waals surface area contributed by atoms with Crippen molar-refractivity contribution >= 4 is 16.8 Å². The van der Waals surface area contributed by atoms with E-state index < -0.39 is 10.8 Å². The second-order valence-electron chi connectivity index (χ2n) is 4.48. The zero-order valence-electron chi connectivity index (χ0n) is 10.1. The van der Waals surface area contributed by atoms with E-state index in [1.54, 1.807) is 0 Å². The quantitative estimate of drug-likeness (QED) is 0.511. The van der Waals surface area contributed by atoms with Crippen LogP contribution >= 0.6 is 0 Å². The molecule has 1 saturated carbocycles. The molecule has 1 aliphatic carbocycles. The third kappa shape index (κ3) is 5.64. The standard InChI is InChI=1S/C12H22O3S/c1-2-3-8-15-12(13)10-16(14)9-11-6-4-5-7-11/h11H,2-10H2,1H3. The molecule has 1 unspecified atom stereocenters. The van der Waals surface area contributed by atoms with Gasteiger partial charge in [0.15, 0.2) is 0 Å². The molecule has 4 heteroatoms. The molecule has 1 aliphatic rings. The summed E-state index contributed by atoms with van der Waals surface area (Å²) in [6.45, 7) is 2.52. The number of ether oxygens (including phenoxy) is 1. The Morgan fingerprint density at radius 2 is 2.06 bits per heavy atom. The van der Waals surface area contributed by atoms with E-state index >= 15 is 0 Å². The highest BCUT2D eigenvalue weighted by atomic mass is 32.2. The molecule has 16 heavy (non-hydrogen) atoms. The minimum absolute atomic E-state index is 0.0835. The minimum atomic E-state index is -1.02. The van der Waals surface area contributed by atoms with E-state index in [9.17, 15) is 9.00 Å². The SMILES string of the molecule is CCCCOC(=O)CS(=O)CC1CCCC1. The van der Waals surface area contributed by atoms with E-state index in [0.29, 0.717) is 18.3 Å². The third-order valence-electron chi connectivity index (χ3n) is 2.94. The fourth-order valence-corrected chi connectivity index (χ4v) is 3.33. The molecule has 1 fully saturated rings. The van der Waals surface area contributed by atoms with Crippen molar-refractivity contribution in [3.8, 4) is 0 Å². The molecule has 0 heterocycles. The number of carbonyl (C=O) groups excluding carboxylic acids is 1. The highest BCUT2D eigenvalue weighted by Crippen LogP contribution is 2.25. The molecular weight excluding hydrogens is 224 g/mol. The summed E-state index contributed by atoms with van der Waals surface area (Å²) < 4.78 is 16.6. The second-order valence-corrected chi connectivity index (χ2v) is 5.98. The number of carbonyl (C=O) groups is 1. The summed E-state index contributed by atoms with van der Waals surface area (Å²) in [6.07, 6.45) is 6.76. The van der Waals surface area contributed by atoms with Crippen molar-refractivity contribution in [2.75, 3.05) is 18.1 Å². The van der Waals surface area contributed by atoms with Crippen molar-refractivity contribution < 1.29 is 13.7 Å². The highest BCUT2D eigenvalue weighted by molar-refractivity contribution is 7.85. The third-order valence-corrected chi connectivity index (χ3v) is 4.34. The summed E-state index contributed by atoms with van der Waals surface area (Å²) in [4.78, 5) is 11.3. The fraction of sp³-hybridized carbons (Fsp3) is 0.917. The Bertz CT molecular complexity index is 234. The van der Waals surface area contributed by atoms with E-state index in [2.05, 4.69) is 0 Å². The van der Waals surface area contributed by atoms with Crippen molar-refractivity contribution in [3.63, 3.8) is 0 Å². The first kappa shape index (κ1) is 13.7. The van der Waals surface area contributed by atoms with Crippen LogP contribution < -0.4 is 0 Å². The van der Waals surface area contributed by atoms with Gasteiger partial charge in [0.1, 0.15) is 5.75 Å². The Morgan fingerprint density at radius 1 is 1.38 bits per heavy atom. The zero-order chi connectivity index (χ0) is 11.8. The van der Waals surface area contributed by atoms with E-state index in [1.807, 2.05) is 6.92 Å². The molecule has 94 valence electrons. The Labute approximate surface area is 100 Å². The molecule has 0 bridgehead atoms. The van der Waals surface area contributed by atoms with E-state index in [4.69, 9.17) is 4.74 Å². The van der Waals surface area contributed by atoms with Gasteiger partial charge in [-0.25, -0.2) is 0 Å². The molecule has 1 atom stereocenters. The predicted molar refractivity (Wildman–Crippen MR) is 65.7 cm³/mol. The van der Waals surface area contributed by atoms with Gasteiger partial charge in [-0.15, -0.1) is 0 Å². The van der Waals surface area contributed by atoms with Crippen molar-refractivity contribution in [1.82, 2.24) is 0 Å². The lowest BCUT2D eigenvalue weighted by molar-refractivity contribution is -0.140. The highest BCUT2D eigenvalue weighted by Gasteiger charge is 2.19. The maximum atomic E-state index is 11.7. The van der Waals surface area contributed by atoms with Crippen molar-refractivity contribution in [1.29, 1.82) is 0 Å². The van der Waals surface area contributed by atoms with Crippen LogP contribution in [0.5, 0.6) is 0 Å². The van der Waals surface area contributed by atoms with Crippen LogP contribution in [-0.2, 0) is 20.3 Å². The first-order valence-electron chi connectivity index (χ1n) is 6.23. The molecule has 0 N–H and O–H groups in total. The zero-order valence-corrected chi connectivity index (χ0v) is 10.9. The van der Waals surface area contributed by atoms with Gasteiger partial charge in [-0.1, -0.05) is 26.2 Å². The van der Waals surface area contributed by atoms with Crippen molar-refractivity contribution in [2.24, 2.45) is 5.92 Å². The minimum Gasteiger partial charge on any atom is -0.465 e. The van der Waals surface area contributed by atoms with Crippen LogP contribution in [-0.4, -0.2) is 28.3 Å². The summed E-state index contributed by atoms with van der Waals surface area (Å²) in [5.41, 5.74) is 0. The topological polar surface area (TPSA) is 43.4 Å². The molecule has 1 rings (SSSR count). The monoisotopic (exact) mass is 246 g/mol. The Morgan fingerprint density at radius 3 is 2.69 bits per heavy atom. The molecule has 0 aliphatic heterocycles. The van der Waals surface area contributed by atoms with Crippen LogP contribution in [0.1, 0.15) is 45.4 Å². The largest absolute Gasteiger partial charge is 0.465 e. The maximum absolute atomic E-state index is 11.7. The predicted octanol–water partition coefficient (Wildman–Crippen LogP) is 2.27. The Hall–Kier alpha value is -0.380. The fourth-order valence-electron chi connectivity index (χ4n) is 2.00. The van der Waals surface area contributed by atoms with E-state index in [0.717, 1.165) is 12.8 Å². The Balaban J connectivity index is 2.10. The number of hydrogen-bond donors (Lipinski definition) is 0. The lowest BCUT2D eigenvalue weighted by Gasteiger charge is -2.08. The first-order valence-corrected chi connectivity index (χ1v) is 7.71. The van der Waals surface area contributed by atoms with Crippen LogP contribution in [0.4, 0.5) is 0 Å². The van der Waals surface area contributed by atoms with Gasteiger partial charge >= 0.3 is 5.97 Å². The van der Waals surface area contributed by atoms with Crippen LogP contribution in [0.3, 0.4) is 0 Å². The van der Waals surface area contributed by atoms with Gasteiger partial charge in [0, 0.05) is 16.6 Å². The molecule has 0 aromatic heterocycles.